The molecule has 1 aromatic carbocycles. The fraction of sp³-hybridized carbons (Fsp3) is 0.357. The normalized spacial score (nSPS) is 18.9. The first-order valence-electron chi connectivity index (χ1n) is 6.69. The maximum absolute atomic E-state index is 12.7. The molecule has 0 saturated carbocycles. The van der Waals surface area contributed by atoms with Gasteiger partial charge in [-0.2, -0.15) is 5.10 Å². The Bertz CT molecular complexity index is 727. The Hall–Kier alpha value is -2.25. The number of aliphatic hydroxyl groups excluding tert-OH is 1. The van der Waals surface area contributed by atoms with Crippen LogP contribution in [0.15, 0.2) is 29.1 Å². The van der Waals surface area contributed by atoms with Crippen molar-refractivity contribution in [2.45, 2.75) is 6.04 Å². The number of carbonyl (C=O) groups is 1. The average Bonchev–Trinajstić information content (AvgIpc) is 2.55. The molecule has 0 spiro atoms. The maximum Gasteiger partial charge on any atom is 0.275 e. The molecule has 21 heavy (non-hydrogen) atoms. The molecule has 1 aliphatic rings. The van der Waals surface area contributed by atoms with E-state index in [0.717, 1.165) is 0 Å². The number of nitrogens with zero attached hydrogens (tertiary/aromatic N) is 2. The van der Waals surface area contributed by atoms with Crippen LogP contribution in [0.2, 0.25) is 0 Å². The van der Waals surface area contributed by atoms with Crippen molar-refractivity contribution >= 4 is 16.7 Å². The first-order valence-corrected chi connectivity index (χ1v) is 6.69. The molecule has 2 heterocycles. The molecule has 0 aliphatic carbocycles. The Kier molecular flexibility index (Phi) is 3.68. The van der Waals surface area contributed by atoms with Crippen molar-refractivity contribution in [3.8, 4) is 0 Å². The SMILES string of the molecule is O=C(c1n[nH]c(=O)c2ccccc12)N1CCOCC1CO. The van der Waals surface area contributed by atoms with Gasteiger partial charge in [-0.1, -0.05) is 18.2 Å². The van der Waals surface area contributed by atoms with Crippen molar-refractivity contribution < 1.29 is 14.6 Å². The Morgan fingerprint density at radius 2 is 2.19 bits per heavy atom. The summed E-state index contributed by atoms with van der Waals surface area (Å²) in [5, 5.41) is 16.5. The first-order chi connectivity index (χ1) is 10.2. The molecule has 1 fully saturated rings. The van der Waals surface area contributed by atoms with Crippen LogP contribution in [0.25, 0.3) is 10.8 Å². The quantitative estimate of drug-likeness (QED) is 0.795. The van der Waals surface area contributed by atoms with Crippen LogP contribution in [0.3, 0.4) is 0 Å². The second-order valence-electron chi connectivity index (χ2n) is 4.86. The summed E-state index contributed by atoms with van der Waals surface area (Å²) >= 11 is 0. The number of rotatable bonds is 2. The van der Waals surface area contributed by atoms with Gasteiger partial charge in [0.2, 0.25) is 0 Å². The number of H-pyrrole nitrogens is 1. The summed E-state index contributed by atoms with van der Waals surface area (Å²) in [6, 6.07) is 6.44. The van der Waals surface area contributed by atoms with E-state index in [-0.39, 0.29) is 23.8 Å². The van der Waals surface area contributed by atoms with E-state index in [0.29, 0.717) is 30.5 Å². The monoisotopic (exact) mass is 289 g/mol. The Labute approximate surface area is 120 Å². The summed E-state index contributed by atoms with van der Waals surface area (Å²) in [5.74, 6) is -0.315. The molecule has 1 saturated heterocycles. The van der Waals surface area contributed by atoms with Crippen LogP contribution in [0.4, 0.5) is 0 Å². The van der Waals surface area contributed by atoms with Gasteiger partial charge in [-0.05, 0) is 6.07 Å². The van der Waals surface area contributed by atoms with Crippen LogP contribution in [-0.2, 0) is 4.74 Å². The minimum atomic E-state index is -0.390. The zero-order chi connectivity index (χ0) is 14.8. The number of aromatic nitrogens is 2. The van der Waals surface area contributed by atoms with Gasteiger partial charge < -0.3 is 14.7 Å². The third-order valence-corrected chi connectivity index (χ3v) is 3.60. The lowest BCUT2D eigenvalue weighted by Crippen LogP contribution is -2.50. The van der Waals surface area contributed by atoms with Gasteiger partial charge in [-0.25, -0.2) is 5.10 Å². The Balaban J connectivity index is 2.05. The van der Waals surface area contributed by atoms with Gasteiger partial charge in [-0.3, -0.25) is 9.59 Å². The van der Waals surface area contributed by atoms with E-state index >= 15 is 0 Å². The number of aromatic amines is 1. The number of hydrogen-bond acceptors (Lipinski definition) is 5. The molecule has 1 atom stereocenters. The maximum atomic E-state index is 12.7. The molecule has 1 aromatic heterocycles. The number of fused-ring (bicyclic) bond motifs is 1. The second kappa shape index (κ2) is 5.63. The minimum Gasteiger partial charge on any atom is -0.394 e. The van der Waals surface area contributed by atoms with Gasteiger partial charge in [0.25, 0.3) is 11.5 Å². The van der Waals surface area contributed by atoms with Gasteiger partial charge in [0.1, 0.15) is 0 Å². The minimum absolute atomic E-state index is 0.174. The number of amides is 1. The predicted molar refractivity (Wildman–Crippen MR) is 75.1 cm³/mol. The lowest BCUT2D eigenvalue weighted by atomic mass is 10.1. The highest BCUT2D eigenvalue weighted by molar-refractivity contribution is 6.04. The fourth-order valence-electron chi connectivity index (χ4n) is 2.49. The number of morpholine rings is 1. The van der Waals surface area contributed by atoms with Gasteiger partial charge >= 0.3 is 0 Å². The molecular formula is C14H15N3O4. The summed E-state index contributed by atoms with van der Waals surface area (Å²) in [7, 11) is 0. The van der Waals surface area contributed by atoms with Crippen molar-refractivity contribution in [1.29, 1.82) is 0 Å². The summed E-state index contributed by atoms with van der Waals surface area (Å²) in [4.78, 5) is 26.0. The number of nitrogens with one attached hydrogen (secondary N) is 1. The standard InChI is InChI=1S/C14H15N3O4/c18-7-9-8-21-6-5-17(9)14(20)12-10-3-1-2-4-11(10)13(19)16-15-12/h1-4,9,18H,5-8H2,(H,16,19). The van der Waals surface area contributed by atoms with Crippen molar-refractivity contribution in [2.75, 3.05) is 26.4 Å². The third kappa shape index (κ3) is 2.41. The zero-order valence-corrected chi connectivity index (χ0v) is 11.3. The highest BCUT2D eigenvalue weighted by atomic mass is 16.5. The van der Waals surface area contributed by atoms with Gasteiger partial charge in [0.15, 0.2) is 5.69 Å². The molecule has 2 aromatic rings. The van der Waals surface area contributed by atoms with Crippen LogP contribution >= 0.6 is 0 Å². The van der Waals surface area contributed by atoms with E-state index in [1.165, 1.54) is 4.90 Å². The highest BCUT2D eigenvalue weighted by Gasteiger charge is 2.29. The number of hydrogen-bond donors (Lipinski definition) is 2. The van der Waals surface area contributed by atoms with Gasteiger partial charge in [-0.15, -0.1) is 0 Å². The molecule has 1 aliphatic heterocycles. The van der Waals surface area contributed by atoms with Crippen LogP contribution in [0, 0.1) is 0 Å². The molecule has 2 N–H and O–H groups in total. The molecule has 1 unspecified atom stereocenters. The van der Waals surface area contributed by atoms with Crippen LogP contribution in [-0.4, -0.2) is 58.5 Å². The summed E-state index contributed by atoms with van der Waals surface area (Å²) in [6.07, 6.45) is 0. The molecule has 3 rings (SSSR count). The molecule has 7 heteroatoms. The Morgan fingerprint density at radius 1 is 1.43 bits per heavy atom. The molecule has 7 nitrogen and oxygen atoms in total. The lowest BCUT2D eigenvalue weighted by molar-refractivity contribution is -0.0186. The van der Waals surface area contributed by atoms with E-state index in [1.54, 1.807) is 24.3 Å². The van der Waals surface area contributed by atoms with Crippen LogP contribution < -0.4 is 5.56 Å². The van der Waals surface area contributed by atoms with Crippen LogP contribution in [0.5, 0.6) is 0 Å². The predicted octanol–water partition coefficient (Wildman–Crippen LogP) is -0.244. The second-order valence-corrected chi connectivity index (χ2v) is 4.86. The molecule has 110 valence electrons. The van der Waals surface area contributed by atoms with Crippen molar-refractivity contribution in [2.24, 2.45) is 0 Å². The van der Waals surface area contributed by atoms with E-state index < -0.39 is 6.04 Å². The number of carbonyl (C=O) groups excluding carboxylic acids is 1. The number of ether oxygens (including phenoxy) is 1. The molecule has 0 radical (unpaired) electrons. The topological polar surface area (TPSA) is 95.5 Å². The molecule has 0 bridgehead atoms. The number of benzene rings is 1. The largest absolute Gasteiger partial charge is 0.394 e. The van der Waals surface area contributed by atoms with E-state index in [9.17, 15) is 14.7 Å². The Morgan fingerprint density at radius 3 is 2.95 bits per heavy atom. The van der Waals surface area contributed by atoms with Crippen molar-refractivity contribution in [3.05, 3.63) is 40.3 Å². The van der Waals surface area contributed by atoms with E-state index in [1.807, 2.05) is 0 Å². The smallest absolute Gasteiger partial charge is 0.275 e. The summed E-state index contributed by atoms with van der Waals surface area (Å²) in [6.45, 7) is 0.930. The zero-order valence-electron chi connectivity index (χ0n) is 11.3. The number of aliphatic hydroxyl groups is 1. The van der Waals surface area contributed by atoms with Gasteiger partial charge in [0.05, 0.1) is 31.2 Å². The van der Waals surface area contributed by atoms with Crippen molar-refractivity contribution in [1.82, 2.24) is 15.1 Å². The molecule has 1 amide bonds. The van der Waals surface area contributed by atoms with E-state index in [2.05, 4.69) is 10.2 Å². The fourth-order valence-corrected chi connectivity index (χ4v) is 2.49. The van der Waals surface area contributed by atoms with Gasteiger partial charge in [0, 0.05) is 11.9 Å². The average molecular weight is 289 g/mol. The summed E-state index contributed by atoms with van der Waals surface area (Å²) in [5.41, 5.74) is -0.145. The summed E-state index contributed by atoms with van der Waals surface area (Å²) < 4.78 is 5.26. The van der Waals surface area contributed by atoms with E-state index in [4.69, 9.17) is 4.74 Å². The molecular weight excluding hydrogens is 274 g/mol. The van der Waals surface area contributed by atoms with Crippen LogP contribution in [0.1, 0.15) is 10.5 Å². The third-order valence-electron chi connectivity index (χ3n) is 3.60. The first kappa shape index (κ1) is 13.7. The highest BCUT2D eigenvalue weighted by Crippen LogP contribution is 2.17. The van der Waals surface area contributed by atoms with Crippen molar-refractivity contribution in [3.63, 3.8) is 0 Å². The lowest BCUT2D eigenvalue weighted by Gasteiger charge is -2.34.